The van der Waals surface area contributed by atoms with Crippen molar-refractivity contribution in [2.24, 2.45) is 5.73 Å². The second-order valence-corrected chi connectivity index (χ2v) is 7.73. The Bertz CT molecular complexity index is 770. The van der Waals surface area contributed by atoms with Crippen molar-refractivity contribution in [1.82, 2.24) is 14.3 Å². The monoisotopic (exact) mass is 342 g/mol. The summed E-state index contributed by atoms with van der Waals surface area (Å²) >= 11 is 6.28. The maximum atomic E-state index is 12.6. The van der Waals surface area contributed by atoms with E-state index in [1.807, 2.05) is 6.92 Å². The molecule has 0 saturated carbocycles. The fourth-order valence-corrected chi connectivity index (χ4v) is 4.15. The molecule has 0 fully saturated rings. The van der Waals surface area contributed by atoms with Crippen LogP contribution in [0, 0.1) is 6.92 Å². The predicted octanol–water partition coefficient (Wildman–Crippen LogP) is 1.30. The molecule has 2 N–H and O–H groups in total. The number of nitrogens with two attached hydrogens (primary N) is 1. The molecule has 0 spiro atoms. The first-order chi connectivity index (χ1) is 9.84. The van der Waals surface area contributed by atoms with E-state index in [0.717, 1.165) is 10.6 Å². The number of rotatable bonds is 5. The van der Waals surface area contributed by atoms with Crippen LogP contribution in [0.5, 0.6) is 0 Å². The lowest BCUT2D eigenvalue weighted by Crippen LogP contribution is -2.29. The number of nitrogens with zero attached hydrogens (tertiary/aromatic N) is 3. The Hall–Kier alpha value is -1.42. The molecule has 2 aromatic heterocycles. The Morgan fingerprint density at radius 1 is 1.48 bits per heavy atom. The number of thiazole rings is 1. The number of sulfonamides is 1. The average molecular weight is 342 g/mol. The van der Waals surface area contributed by atoms with E-state index in [-0.39, 0.29) is 22.1 Å². The van der Waals surface area contributed by atoms with E-state index in [9.17, 15) is 8.42 Å². The smallest absolute Gasteiger partial charge is 0.245 e. The second kappa shape index (κ2) is 6.14. The summed E-state index contributed by atoms with van der Waals surface area (Å²) in [6.45, 7) is 2.08. The minimum atomic E-state index is -3.73. The van der Waals surface area contributed by atoms with Gasteiger partial charge in [0.2, 0.25) is 10.0 Å². The SMILES string of the molecule is Cc1ncsc1CN(C)S(=O)(=O)c1cccnc1C(N)=S. The van der Waals surface area contributed by atoms with Gasteiger partial charge in [-0.15, -0.1) is 11.3 Å². The third kappa shape index (κ3) is 3.26. The van der Waals surface area contributed by atoms with Crippen molar-refractivity contribution >= 4 is 38.6 Å². The van der Waals surface area contributed by atoms with Crippen LogP contribution in [-0.2, 0) is 16.6 Å². The van der Waals surface area contributed by atoms with E-state index in [4.69, 9.17) is 18.0 Å². The summed E-state index contributed by atoms with van der Waals surface area (Å²) in [5, 5.41) is 0. The fourth-order valence-electron chi connectivity index (χ4n) is 1.72. The van der Waals surface area contributed by atoms with E-state index in [0.29, 0.717) is 0 Å². The fraction of sp³-hybridized carbons (Fsp3) is 0.250. The molecule has 2 heterocycles. The number of aryl methyl sites for hydroxylation is 1. The molecule has 0 unspecified atom stereocenters. The lowest BCUT2D eigenvalue weighted by Gasteiger charge is -2.18. The first-order valence-electron chi connectivity index (χ1n) is 5.94. The molecule has 21 heavy (non-hydrogen) atoms. The molecule has 2 rings (SSSR count). The summed E-state index contributed by atoms with van der Waals surface area (Å²) in [4.78, 5) is 8.94. The molecule has 6 nitrogen and oxygen atoms in total. The largest absolute Gasteiger partial charge is 0.388 e. The molecule has 0 saturated heterocycles. The van der Waals surface area contributed by atoms with Crippen LogP contribution in [0.1, 0.15) is 16.3 Å². The van der Waals surface area contributed by atoms with Crippen molar-refractivity contribution < 1.29 is 8.42 Å². The van der Waals surface area contributed by atoms with Crippen LogP contribution in [0.4, 0.5) is 0 Å². The molecule has 0 bridgehead atoms. The number of hydrogen-bond acceptors (Lipinski definition) is 6. The first kappa shape index (κ1) is 16.0. The van der Waals surface area contributed by atoms with Crippen LogP contribution in [0.25, 0.3) is 0 Å². The third-order valence-electron chi connectivity index (χ3n) is 2.90. The molecule has 2 aromatic rings. The highest BCUT2D eigenvalue weighted by Gasteiger charge is 2.26. The molecule has 0 radical (unpaired) electrons. The Kier molecular flexibility index (Phi) is 4.67. The van der Waals surface area contributed by atoms with E-state index in [1.165, 1.54) is 35.0 Å². The summed E-state index contributed by atoms with van der Waals surface area (Å²) in [5.41, 5.74) is 8.17. The number of thiocarbonyl (C=S) groups is 1. The van der Waals surface area contributed by atoms with Gasteiger partial charge < -0.3 is 5.73 Å². The van der Waals surface area contributed by atoms with Gasteiger partial charge in [-0.05, 0) is 19.1 Å². The van der Waals surface area contributed by atoms with E-state index in [2.05, 4.69) is 9.97 Å². The van der Waals surface area contributed by atoms with Crippen molar-refractivity contribution in [3.8, 4) is 0 Å². The molecule has 0 aliphatic heterocycles. The van der Waals surface area contributed by atoms with Gasteiger partial charge in [-0.25, -0.2) is 13.4 Å². The minimum absolute atomic E-state index is 0.0159. The standard InChI is InChI=1S/C12H14N4O2S3/c1-8-9(20-7-15-8)6-16(2)21(17,18)10-4-3-5-14-11(10)12(13)19/h3-5,7H,6H2,1-2H3,(H2,13,19). The molecule has 0 atom stereocenters. The van der Waals surface area contributed by atoms with Gasteiger partial charge in [0.15, 0.2) is 0 Å². The van der Waals surface area contributed by atoms with Crippen molar-refractivity contribution in [1.29, 1.82) is 0 Å². The molecule has 0 amide bonds. The van der Waals surface area contributed by atoms with E-state index >= 15 is 0 Å². The van der Waals surface area contributed by atoms with Crippen LogP contribution in [0.3, 0.4) is 0 Å². The zero-order valence-corrected chi connectivity index (χ0v) is 13.9. The van der Waals surface area contributed by atoms with Gasteiger partial charge in [0.1, 0.15) is 15.6 Å². The Morgan fingerprint density at radius 2 is 2.19 bits per heavy atom. The Labute approximate surface area is 132 Å². The molecule has 0 aliphatic rings. The van der Waals surface area contributed by atoms with Crippen molar-refractivity contribution in [3.05, 3.63) is 40.1 Å². The highest BCUT2D eigenvalue weighted by molar-refractivity contribution is 7.89. The minimum Gasteiger partial charge on any atom is -0.388 e. The average Bonchev–Trinajstić information content (AvgIpc) is 2.84. The highest BCUT2D eigenvalue weighted by atomic mass is 32.2. The van der Waals surface area contributed by atoms with Crippen LogP contribution in [-0.4, -0.2) is 34.7 Å². The third-order valence-corrected chi connectivity index (χ3v) is 5.85. The molecular weight excluding hydrogens is 328 g/mol. The van der Waals surface area contributed by atoms with Crippen molar-refractivity contribution in [3.63, 3.8) is 0 Å². The maximum Gasteiger partial charge on any atom is 0.245 e. The van der Waals surface area contributed by atoms with E-state index in [1.54, 1.807) is 11.6 Å². The molecular formula is C12H14N4O2S3. The number of hydrogen-bond donors (Lipinski definition) is 1. The van der Waals surface area contributed by atoms with Crippen LogP contribution in [0.15, 0.2) is 28.7 Å². The lowest BCUT2D eigenvalue weighted by atomic mass is 10.3. The summed E-state index contributed by atoms with van der Waals surface area (Å²) < 4.78 is 26.5. The van der Waals surface area contributed by atoms with Gasteiger partial charge in [0.25, 0.3) is 0 Å². The van der Waals surface area contributed by atoms with Crippen molar-refractivity contribution in [2.45, 2.75) is 18.4 Å². The van der Waals surface area contributed by atoms with Crippen molar-refractivity contribution in [2.75, 3.05) is 7.05 Å². The molecule has 112 valence electrons. The highest BCUT2D eigenvalue weighted by Crippen LogP contribution is 2.21. The summed E-state index contributed by atoms with van der Waals surface area (Å²) in [6, 6.07) is 2.99. The second-order valence-electron chi connectivity index (χ2n) is 4.34. The quantitative estimate of drug-likeness (QED) is 0.824. The van der Waals surface area contributed by atoms with Gasteiger partial charge in [-0.3, -0.25) is 4.98 Å². The molecule has 0 aliphatic carbocycles. The number of aromatic nitrogens is 2. The van der Waals surface area contributed by atoms with Crippen LogP contribution in [0.2, 0.25) is 0 Å². The van der Waals surface area contributed by atoms with E-state index < -0.39 is 10.0 Å². The van der Waals surface area contributed by atoms with Crippen LogP contribution >= 0.6 is 23.6 Å². The van der Waals surface area contributed by atoms with Gasteiger partial charge in [-0.2, -0.15) is 4.31 Å². The molecule has 0 aromatic carbocycles. The van der Waals surface area contributed by atoms with Gasteiger partial charge in [0, 0.05) is 24.7 Å². The zero-order valence-electron chi connectivity index (χ0n) is 11.5. The predicted molar refractivity (Wildman–Crippen MR) is 85.6 cm³/mol. The first-order valence-corrected chi connectivity index (χ1v) is 8.67. The summed E-state index contributed by atoms with van der Waals surface area (Å²) in [5.74, 6) is 0. The maximum absolute atomic E-state index is 12.6. The topological polar surface area (TPSA) is 89.2 Å². The lowest BCUT2D eigenvalue weighted by molar-refractivity contribution is 0.468. The van der Waals surface area contributed by atoms with Gasteiger partial charge in [0.05, 0.1) is 11.2 Å². The normalized spacial score (nSPS) is 11.8. The zero-order chi connectivity index (χ0) is 15.6. The van der Waals surface area contributed by atoms with Gasteiger partial charge in [-0.1, -0.05) is 12.2 Å². The molecule has 9 heteroatoms. The van der Waals surface area contributed by atoms with Crippen LogP contribution < -0.4 is 5.73 Å². The Morgan fingerprint density at radius 3 is 2.76 bits per heavy atom. The number of pyridine rings is 1. The summed E-state index contributed by atoms with van der Waals surface area (Å²) in [7, 11) is -2.22. The van der Waals surface area contributed by atoms with Gasteiger partial charge >= 0.3 is 0 Å². The Balaban J connectivity index is 2.38. The summed E-state index contributed by atoms with van der Waals surface area (Å²) in [6.07, 6.45) is 1.46.